The smallest absolute Gasteiger partial charge is 0.267 e. The van der Waals surface area contributed by atoms with Crippen molar-refractivity contribution >= 4 is 33.7 Å². The van der Waals surface area contributed by atoms with Crippen molar-refractivity contribution in [3.63, 3.8) is 0 Å². The molecule has 4 bridgehead atoms. The first-order chi connectivity index (χ1) is 13.2. The highest BCUT2D eigenvalue weighted by Gasteiger charge is 2.52. The number of rotatable bonds is 3. The maximum absolute atomic E-state index is 12.8. The summed E-state index contributed by atoms with van der Waals surface area (Å²) in [4.78, 5) is 20.0. The Morgan fingerprint density at radius 1 is 1.07 bits per heavy atom. The molecule has 2 aromatic heterocycles. The Morgan fingerprint density at radius 2 is 1.78 bits per heavy atom. The maximum atomic E-state index is 12.8. The third kappa shape index (κ3) is 2.80. The van der Waals surface area contributed by atoms with E-state index in [1.807, 2.05) is 0 Å². The Bertz CT molecular complexity index is 837. The number of thiophene rings is 1. The second-order valence-electron chi connectivity index (χ2n) is 9.46. The lowest BCUT2D eigenvalue weighted by molar-refractivity contribution is -0.00688. The normalized spacial score (nSPS) is 33.9. The summed E-state index contributed by atoms with van der Waals surface area (Å²) >= 11 is 3.30. The van der Waals surface area contributed by atoms with Crippen LogP contribution in [0.3, 0.4) is 0 Å². The number of carbonyl (C=O) groups is 1. The molecule has 0 spiro atoms. The number of nitrogens with zero attached hydrogens (tertiary/aromatic N) is 1. The summed E-state index contributed by atoms with van der Waals surface area (Å²) in [5.74, 6) is 2.80. The summed E-state index contributed by atoms with van der Waals surface area (Å²) in [6.45, 7) is 0. The Kier molecular flexibility index (Phi) is 3.81. The summed E-state index contributed by atoms with van der Waals surface area (Å²) in [5.41, 5.74) is 2.98. The fraction of sp³-hybridized carbons (Fsp3) is 0.636. The highest BCUT2D eigenvalue weighted by atomic mass is 32.1. The first-order valence-electron chi connectivity index (χ1n) is 10.6. The van der Waals surface area contributed by atoms with Gasteiger partial charge in [-0.25, -0.2) is 4.98 Å². The van der Waals surface area contributed by atoms with Gasteiger partial charge in [0.05, 0.1) is 10.6 Å². The summed E-state index contributed by atoms with van der Waals surface area (Å²) < 4.78 is 0. The number of nitrogens with one attached hydrogen (secondary N) is 1. The molecule has 0 aromatic carbocycles. The highest BCUT2D eigenvalue weighted by Crippen LogP contribution is 2.60. The van der Waals surface area contributed by atoms with Crippen LogP contribution in [-0.4, -0.2) is 10.9 Å². The van der Waals surface area contributed by atoms with Gasteiger partial charge in [0.15, 0.2) is 5.13 Å². The minimum absolute atomic E-state index is 0.0285. The Hall–Kier alpha value is -1.20. The van der Waals surface area contributed by atoms with Gasteiger partial charge in [0.2, 0.25) is 0 Å². The van der Waals surface area contributed by atoms with E-state index in [-0.39, 0.29) is 5.91 Å². The Balaban J connectivity index is 1.21. The van der Waals surface area contributed by atoms with Crippen molar-refractivity contribution < 1.29 is 4.79 Å². The molecule has 5 heteroatoms. The van der Waals surface area contributed by atoms with Crippen LogP contribution in [0.15, 0.2) is 11.4 Å². The standard InChI is InChI=1S/C22H26N2OS2/c25-20(18-8-16-3-1-2-4-17(16)27-18)24-21-23-19(12-26-21)22-9-13-5-14(10-22)7-15(6-13)11-22/h8,12-15H,1-7,9-11H2,(H,23,24,25). The van der Waals surface area contributed by atoms with E-state index in [1.54, 1.807) is 22.7 Å². The van der Waals surface area contributed by atoms with Gasteiger partial charge < -0.3 is 0 Å². The van der Waals surface area contributed by atoms with Gasteiger partial charge in [-0.05, 0) is 93.6 Å². The van der Waals surface area contributed by atoms with E-state index in [0.29, 0.717) is 5.41 Å². The third-order valence-electron chi connectivity index (χ3n) is 7.53. The van der Waals surface area contributed by atoms with Crippen molar-refractivity contribution in [1.82, 2.24) is 4.98 Å². The summed E-state index contributed by atoms with van der Waals surface area (Å²) in [5, 5.41) is 6.13. The molecule has 3 nitrogen and oxygen atoms in total. The van der Waals surface area contributed by atoms with E-state index in [4.69, 9.17) is 4.98 Å². The molecule has 27 heavy (non-hydrogen) atoms. The molecule has 0 unspecified atom stereocenters. The molecule has 1 N–H and O–H groups in total. The predicted octanol–water partition coefficient (Wildman–Crippen LogP) is 5.80. The van der Waals surface area contributed by atoms with Gasteiger partial charge in [-0.1, -0.05) is 0 Å². The molecule has 0 atom stereocenters. The molecule has 2 heterocycles. The van der Waals surface area contributed by atoms with Crippen LogP contribution in [0.2, 0.25) is 0 Å². The zero-order valence-corrected chi connectivity index (χ0v) is 17.3. The van der Waals surface area contributed by atoms with Crippen molar-refractivity contribution in [3.05, 3.63) is 32.5 Å². The van der Waals surface area contributed by atoms with Gasteiger partial charge in [0.25, 0.3) is 5.91 Å². The van der Waals surface area contributed by atoms with Gasteiger partial charge in [-0.3, -0.25) is 10.1 Å². The number of amides is 1. The number of fused-ring (bicyclic) bond motifs is 1. The summed E-state index contributed by atoms with van der Waals surface area (Å²) in [6, 6.07) is 2.11. The van der Waals surface area contributed by atoms with Crippen molar-refractivity contribution in [3.8, 4) is 0 Å². The van der Waals surface area contributed by atoms with E-state index < -0.39 is 0 Å². The van der Waals surface area contributed by atoms with Gasteiger partial charge in [-0.15, -0.1) is 22.7 Å². The SMILES string of the molecule is O=C(Nc1nc(C23CC4CC(CC(C4)C2)C3)cs1)c1cc2c(s1)CCCC2. The van der Waals surface area contributed by atoms with Crippen molar-refractivity contribution in [2.24, 2.45) is 17.8 Å². The molecule has 5 aliphatic rings. The minimum Gasteiger partial charge on any atom is -0.297 e. The van der Waals surface area contributed by atoms with Crippen molar-refractivity contribution in [1.29, 1.82) is 0 Å². The Morgan fingerprint density at radius 3 is 2.48 bits per heavy atom. The zero-order chi connectivity index (χ0) is 18.0. The van der Waals surface area contributed by atoms with Crippen LogP contribution < -0.4 is 5.32 Å². The molecule has 0 aliphatic heterocycles. The van der Waals surface area contributed by atoms with Crippen LogP contribution in [0.25, 0.3) is 0 Å². The topological polar surface area (TPSA) is 42.0 Å². The van der Waals surface area contributed by atoms with E-state index >= 15 is 0 Å². The van der Waals surface area contributed by atoms with E-state index in [9.17, 15) is 4.79 Å². The first kappa shape index (κ1) is 16.7. The monoisotopic (exact) mass is 398 g/mol. The molecule has 0 saturated heterocycles. The van der Waals surface area contributed by atoms with Gasteiger partial charge >= 0.3 is 0 Å². The molecule has 142 valence electrons. The second kappa shape index (κ2) is 6.15. The number of thiazole rings is 1. The number of anilines is 1. The fourth-order valence-electron chi connectivity index (χ4n) is 6.76. The lowest BCUT2D eigenvalue weighted by Crippen LogP contribution is -2.48. The van der Waals surface area contributed by atoms with E-state index in [0.717, 1.165) is 40.6 Å². The average molecular weight is 399 g/mol. The fourth-order valence-corrected chi connectivity index (χ4v) is 8.74. The van der Waals surface area contributed by atoms with Gasteiger partial charge in [-0.2, -0.15) is 0 Å². The molecular weight excluding hydrogens is 372 g/mol. The number of carbonyl (C=O) groups excluding carboxylic acids is 1. The van der Waals surface area contributed by atoms with Crippen LogP contribution >= 0.6 is 22.7 Å². The highest BCUT2D eigenvalue weighted by molar-refractivity contribution is 7.15. The van der Waals surface area contributed by atoms with Crippen LogP contribution in [0, 0.1) is 17.8 Å². The van der Waals surface area contributed by atoms with E-state index in [2.05, 4.69) is 16.8 Å². The zero-order valence-electron chi connectivity index (χ0n) is 15.6. The molecule has 1 amide bonds. The molecule has 4 fully saturated rings. The van der Waals surface area contributed by atoms with Crippen molar-refractivity contribution in [2.45, 2.75) is 69.6 Å². The second-order valence-corrected chi connectivity index (χ2v) is 11.5. The first-order valence-corrected chi connectivity index (χ1v) is 12.3. The Labute approximate surface area is 168 Å². The molecule has 2 aromatic rings. The van der Waals surface area contributed by atoms with Gasteiger partial charge in [0.1, 0.15) is 0 Å². The van der Waals surface area contributed by atoms with E-state index in [1.165, 1.54) is 67.5 Å². The van der Waals surface area contributed by atoms with Gasteiger partial charge in [0, 0.05) is 15.7 Å². The number of hydrogen-bond donors (Lipinski definition) is 1. The van der Waals surface area contributed by atoms with Crippen LogP contribution in [0.1, 0.15) is 77.2 Å². The molecule has 4 saturated carbocycles. The molecule has 0 radical (unpaired) electrons. The largest absolute Gasteiger partial charge is 0.297 e. The minimum atomic E-state index is 0.0285. The lowest BCUT2D eigenvalue weighted by atomic mass is 9.49. The number of aromatic nitrogens is 1. The van der Waals surface area contributed by atoms with Crippen LogP contribution in [0.5, 0.6) is 0 Å². The molecule has 7 rings (SSSR count). The van der Waals surface area contributed by atoms with Crippen molar-refractivity contribution in [2.75, 3.05) is 5.32 Å². The summed E-state index contributed by atoms with van der Waals surface area (Å²) in [7, 11) is 0. The molecular formula is C22H26N2OS2. The number of aryl methyl sites for hydroxylation is 2. The lowest BCUT2D eigenvalue weighted by Gasteiger charge is -2.56. The quantitative estimate of drug-likeness (QED) is 0.709. The third-order valence-corrected chi connectivity index (χ3v) is 9.52. The number of hydrogen-bond acceptors (Lipinski definition) is 4. The van der Waals surface area contributed by atoms with Crippen LogP contribution in [0.4, 0.5) is 5.13 Å². The maximum Gasteiger partial charge on any atom is 0.267 e. The predicted molar refractivity (Wildman–Crippen MR) is 111 cm³/mol. The summed E-state index contributed by atoms with van der Waals surface area (Å²) in [6.07, 6.45) is 13.1. The molecule has 5 aliphatic carbocycles. The average Bonchev–Trinajstić information content (AvgIpc) is 3.27. The van der Waals surface area contributed by atoms with Crippen LogP contribution in [-0.2, 0) is 18.3 Å².